The number of nitrogens with one attached hydrogen (secondary N) is 1. The minimum atomic E-state index is 0.0196. The van der Waals surface area contributed by atoms with Crippen LogP contribution in [0.3, 0.4) is 0 Å². The van der Waals surface area contributed by atoms with Gasteiger partial charge in [0, 0.05) is 22.6 Å². The average molecular weight is 340 g/mol. The number of halogens is 1. The monoisotopic (exact) mass is 339 g/mol. The van der Waals surface area contributed by atoms with Gasteiger partial charge in [-0.2, -0.15) is 5.10 Å². The van der Waals surface area contributed by atoms with Crippen LogP contribution < -0.4 is 5.32 Å². The van der Waals surface area contributed by atoms with E-state index in [1.807, 2.05) is 37.4 Å². The molecule has 4 nitrogen and oxygen atoms in total. The van der Waals surface area contributed by atoms with Crippen LogP contribution in [0.2, 0.25) is 0 Å². The van der Waals surface area contributed by atoms with E-state index in [0.29, 0.717) is 12.3 Å². The summed E-state index contributed by atoms with van der Waals surface area (Å²) in [6, 6.07) is 9.80. The van der Waals surface area contributed by atoms with Gasteiger partial charge in [0.25, 0.3) is 0 Å². The van der Waals surface area contributed by atoms with E-state index in [9.17, 15) is 4.79 Å². The molecule has 100 valence electrons. The van der Waals surface area contributed by atoms with E-state index < -0.39 is 0 Å². The van der Waals surface area contributed by atoms with E-state index in [4.69, 9.17) is 0 Å². The molecule has 0 atom stereocenters. The molecule has 0 aliphatic carbocycles. The van der Waals surface area contributed by atoms with Crippen LogP contribution in [0.25, 0.3) is 0 Å². The van der Waals surface area contributed by atoms with Gasteiger partial charge in [-0.1, -0.05) is 22.0 Å². The van der Waals surface area contributed by atoms with Crippen molar-refractivity contribution in [1.29, 1.82) is 0 Å². The molecule has 1 N–H and O–H groups in total. The number of aromatic nitrogens is 2. The Morgan fingerprint density at radius 3 is 3.00 bits per heavy atom. The molecule has 2 rings (SSSR count). The van der Waals surface area contributed by atoms with Crippen LogP contribution >= 0.6 is 27.7 Å². The van der Waals surface area contributed by atoms with Gasteiger partial charge >= 0.3 is 0 Å². The van der Waals surface area contributed by atoms with E-state index in [1.165, 1.54) is 11.8 Å². The van der Waals surface area contributed by atoms with Gasteiger partial charge in [0.05, 0.1) is 18.0 Å². The molecule has 0 saturated carbocycles. The zero-order chi connectivity index (χ0) is 13.7. The summed E-state index contributed by atoms with van der Waals surface area (Å²) >= 11 is 4.93. The molecule has 0 aliphatic heterocycles. The van der Waals surface area contributed by atoms with E-state index in [2.05, 4.69) is 26.3 Å². The van der Waals surface area contributed by atoms with Crippen LogP contribution in [0.1, 0.15) is 5.69 Å². The fraction of sp³-hybridized carbons (Fsp3) is 0.231. The quantitative estimate of drug-likeness (QED) is 0.851. The van der Waals surface area contributed by atoms with E-state index in [0.717, 1.165) is 15.1 Å². The second-order valence-corrected chi connectivity index (χ2v) is 5.93. The number of hydrogen-bond acceptors (Lipinski definition) is 3. The number of nitrogens with zero attached hydrogens (tertiary/aromatic N) is 2. The Morgan fingerprint density at radius 1 is 1.47 bits per heavy atom. The van der Waals surface area contributed by atoms with Crippen molar-refractivity contribution in [3.05, 3.63) is 46.7 Å². The summed E-state index contributed by atoms with van der Waals surface area (Å²) in [5.41, 5.74) is 0.987. The lowest BCUT2D eigenvalue weighted by Crippen LogP contribution is -2.25. The number of amides is 1. The number of rotatable bonds is 5. The van der Waals surface area contributed by atoms with Gasteiger partial charge in [-0.3, -0.25) is 9.48 Å². The molecular formula is C13H14BrN3OS. The third-order valence-corrected chi connectivity index (χ3v) is 4.04. The fourth-order valence-electron chi connectivity index (χ4n) is 1.52. The summed E-state index contributed by atoms with van der Waals surface area (Å²) in [7, 11) is 1.86. The minimum absolute atomic E-state index is 0.0196. The summed E-state index contributed by atoms with van der Waals surface area (Å²) in [6.45, 7) is 0.508. The molecule has 6 heteroatoms. The lowest BCUT2D eigenvalue weighted by Gasteiger charge is -2.05. The van der Waals surface area contributed by atoms with Crippen LogP contribution in [-0.4, -0.2) is 21.4 Å². The Morgan fingerprint density at radius 2 is 2.32 bits per heavy atom. The molecule has 0 radical (unpaired) electrons. The molecule has 0 aliphatic rings. The second-order valence-electron chi connectivity index (χ2n) is 3.97. The lowest BCUT2D eigenvalue weighted by molar-refractivity contribution is -0.118. The highest BCUT2D eigenvalue weighted by atomic mass is 79.9. The van der Waals surface area contributed by atoms with Crippen LogP contribution in [0.5, 0.6) is 0 Å². The van der Waals surface area contributed by atoms with Crippen molar-refractivity contribution in [3.63, 3.8) is 0 Å². The summed E-state index contributed by atoms with van der Waals surface area (Å²) < 4.78 is 2.77. The lowest BCUT2D eigenvalue weighted by atomic mass is 10.4. The van der Waals surface area contributed by atoms with Gasteiger partial charge in [-0.15, -0.1) is 11.8 Å². The predicted molar refractivity (Wildman–Crippen MR) is 79.9 cm³/mol. The Bertz CT molecular complexity index is 571. The molecule has 0 fully saturated rings. The van der Waals surface area contributed by atoms with Crippen molar-refractivity contribution >= 4 is 33.6 Å². The number of carbonyl (C=O) groups excluding carboxylic acids is 1. The van der Waals surface area contributed by atoms with Crippen molar-refractivity contribution in [2.24, 2.45) is 7.05 Å². The highest BCUT2D eigenvalue weighted by Crippen LogP contribution is 2.21. The normalized spacial score (nSPS) is 10.4. The SMILES string of the molecule is Cn1nccc1CNC(=O)CSc1cccc(Br)c1. The summed E-state index contributed by atoms with van der Waals surface area (Å²) in [4.78, 5) is 12.8. The van der Waals surface area contributed by atoms with Gasteiger partial charge < -0.3 is 5.32 Å². The first-order valence-electron chi connectivity index (χ1n) is 5.77. The molecule has 0 bridgehead atoms. The van der Waals surface area contributed by atoms with E-state index in [1.54, 1.807) is 10.9 Å². The first-order chi connectivity index (χ1) is 9.15. The molecule has 1 amide bonds. The Kier molecular flexibility index (Phi) is 5.04. The Hall–Kier alpha value is -1.27. The van der Waals surface area contributed by atoms with E-state index in [-0.39, 0.29) is 5.91 Å². The van der Waals surface area contributed by atoms with Gasteiger partial charge in [0.15, 0.2) is 0 Å². The first kappa shape index (κ1) is 14.1. The molecule has 0 spiro atoms. The highest BCUT2D eigenvalue weighted by Gasteiger charge is 2.04. The molecule has 0 unspecified atom stereocenters. The van der Waals surface area contributed by atoms with Crippen LogP contribution in [-0.2, 0) is 18.4 Å². The first-order valence-corrected chi connectivity index (χ1v) is 7.55. The minimum Gasteiger partial charge on any atom is -0.350 e. The molecule has 2 aromatic rings. The van der Waals surface area contributed by atoms with Crippen molar-refractivity contribution in [2.75, 3.05) is 5.75 Å². The molecule has 1 aromatic heterocycles. The zero-order valence-electron chi connectivity index (χ0n) is 10.5. The van der Waals surface area contributed by atoms with Crippen molar-refractivity contribution in [3.8, 4) is 0 Å². The van der Waals surface area contributed by atoms with Crippen molar-refractivity contribution in [1.82, 2.24) is 15.1 Å². The number of hydrogen-bond donors (Lipinski definition) is 1. The molecular weight excluding hydrogens is 326 g/mol. The molecule has 1 aromatic carbocycles. The van der Waals surface area contributed by atoms with Crippen molar-refractivity contribution < 1.29 is 4.79 Å². The Balaban J connectivity index is 1.77. The van der Waals surface area contributed by atoms with Crippen LogP contribution in [0, 0.1) is 0 Å². The maximum Gasteiger partial charge on any atom is 0.230 e. The fourth-order valence-corrected chi connectivity index (χ4v) is 2.86. The number of thioether (sulfide) groups is 1. The van der Waals surface area contributed by atoms with E-state index >= 15 is 0 Å². The topological polar surface area (TPSA) is 46.9 Å². The highest BCUT2D eigenvalue weighted by molar-refractivity contribution is 9.10. The molecule has 1 heterocycles. The standard InChI is InChI=1S/C13H14BrN3OS/c1-17-11(5-6-16-17)8-15-13(18)9-19-12-4-2-3-10(14)7-12/h2-7H,8-9H2,1H3,(H,15,18). The molecule has 0 saturated heterocycles. The third-order valence-electron chi connectivity index (χ3n) is 2.56. The third kappa shape index (κ3) is 4.40. The van der Waals surface area contributed by atoms with Gasteiger partial charge in [-0.05, 0) is 24.3 Å². The zero-order valence-corrected chi connectivity index (χ0v) is 12.9. The predicted octanol–water partition coefficient (Wildman–Crippen LogP) is 2.59. The second kappa shape index (κ2) is 6.77. The Labute approximate surface area is 124 Å². The van der Waals surface area contributed by atoms with Gasteiger partial charge in [-0.25, -0.2) is 0 Å². The number of aryl methyl sites for hydroxylation is 1. The molecule has 19 heavy (non-hydrogen) atoms. The average Bonchev–Trinajstić information content (AvgIpc) is 2.80. The number of benzene rings is 1. The van der Waals surface area contributed by atoms with Crippen LogP contribution in [0.15, 0.2) is 45.9 Å². The van der Waals surface area contributed by atoms with Crippen LogP contribution in [0.4, 0.5) is 0 Å². The maximum atomic E-state index is 11.7. The summed E-state index contributed by atoms with van der Waals surface area (Å²) in [6.07, 6.45) is 1.72. The summed E-state index contributed by atoms with van der Waals surface area (Å²) in [5.74, 6) is 0.431. The van der Waals surface area contributed by atoms with Crippen molar-refractivity contribution in [2.45, 2.75) is 11.4 Å². The van der Waals surface area contributed by atoms with Gasteiger partial charge in [0.1, 0.15) is 0 Å². The largest absolute Gasteiger partial charge is 0.350 e. The summed E-state index contributed by atoms with van der Waals surface area (Å²) in [5, 5.41) is 6.93. The van der Waals surface area contributed by atoms with Gasteiger partial charge in [0.2, 0.25) is 5.91 Å². The number of carbonyl (C=O) groups is 1. The maximum absolute atomic E-state index is 11.7. The smallest absolute Gasteiger partial charge is 0.230 e.